The van der Waals surface area contributed by atoms with Crippen LogP contribution in [0.25, 0.3) is 0 Å². The van der Waals surface area contributed by atoms with Gasteiger partial charge < -0.3 is 19.3 Å². The third-order valence-corrected chi connectivity index (χ3v) is 3.81. The van der Waals surface area contributed by atoms with E-state index in [0.717, 1.165) is 17.1 Å². The van der Waals surface area contributed by atoms with Gasteiger partial charge in [-0.25, -0.2) is 0 Å². The van der Waals surface area contributed by atoms with Gasteiger partial charge in [0, 0.05) is 24.7 Å². The Bertz CT molecular complexity index is 791. The summed E-state index contributed by atoms with van der Waals surface area (Å²) in [5.41, 5.74) is 1.78. The van der Waals surface area contributed by atoms with E-state index in [1.165, 1.54) is 6.07 Å². The Labute approximate surface area is 126 Å². The summed E-state index contributed by atoms with van der Waals surface area (Å²) in [7, 11) is 3.77. The second kappa shape index (κ2) is 4.56. The minimum Gasteiger partial charge on any atom is -0.434 e. The lowest BCUT2D eigenvalue weighted by molar-refractivity contribution is -0.00634. The number of para-hydroxylation sites is 2. The Hall–Kier alpha value is -2.89. The monoisotopic (exact) mass is 300 g/mol. The molecular formula is C16H13FN2O3. The largest absolute Gasteiger partial charge is 0.434 e. The van der Waals surface area contributed by atoms with Gasteiger partial charge in [0.15, 0.2) is 17.2 Å². The summed E-state index contributed by atoms with van der Waals surface area (Å²) in [5, 5.41) is 0. The Morgan fingerprint density at radius 1 is 0.864 bits per heavy atom. The Balaban J connectivity index is 1.76. The summed E-state index contributed by atoms with van der Waals surface area (Å²) in [6, 6.07) is 12.5. The molecule has 0 saturated carbocycles. The number of benzene rings is 2. The van der Waals surface area contributed by atoms with Crippen LogP contribution < -0.4 is 24.2 Å². The van der Waals surface area contributed by atoms with Crippen molar-refractivity contribution >= 4 is 11.4 Å². The molecule has 0 radical (unpaired) electrons. The van der Waals surface area contributed by atoms with Crippen LogP contribution in [0.1, 0.15) is 0 Å². The lowest BCUT2D eigenvalue weighted by Crippen LogP contribution is -2.24. The molecule has 0 amide bonds. The van der Waals surface area contributed by atoms with Crippen molar-refractivity contribution in [2.24, 2.45) is 0 Å². The number of nitrogens with zero attached hydrogens (tertiary/aromatic N) is 2. The van der Waals surface area contributed by atoms with Crippen LogP contribution in [0.15, 0.2) is 54.2 Å². The zero-order valence-electron chi connectivity index (χ0n) is 12.0. The maximum Gasteiger partial charge on any atom is 0.262 e. The molecule has 0 aliphatic carbocycles. The third kappa shape index (κ3) is 1.70. The molecular weight excluding hydrogens is 287 g/mol. The zero-order chi connectivity index (χ0) is 15.3. The molecule has 0 N–H and O–H groups in total. The lowest BCUT2D eigenvalue weighted by Gasteiger charge is -2.17. The molecule has 2 heterocycles. The van der Waals surface area contributed by atoms with Crippen LogP contribution in [0.2, 0.25) is 0 Å². The van der Waals surface area contributed by atoms with Crippen molar-refractivity contribution < 1.29 is 18.9 Å². The van der Waals surface area contributed by atoms with Gasteiger partial charge in [0.2, 0.25) is 0 Å². The first-order valence-electron chi connectivity index (χ1n) is 6.78. The molecule has 22 heavy (non-hydrogen) atoms. The van der Waals surface area contributed by atoms with Crippen LogP contribution in [-0.2, 0) is 0 Å². The summed E-state index contributed by atoms with van der Waals surface area (Å²) in [4.78, 5) is 7.52. The summed E-state index contributed by atoms with van der Waals surface area (Å²) < 4.78 is 24.1. The topological polar surface area (TPSA) is 34.2 Å². The number of fused-ring (bicyclic) bond motifs is 2. The molecule has 112 valence electrons. The number of anilines is 2. The van der Waals surface area contributed by atoms with Crippen LogP contribution in [0.3, 0.4) is 0 Å². The van der Waals surface area contributed by atoms with E-state index in [1.807, 2.05) is 48.2 Å². The van der Waals surface area contributed by atoms with E-state index in [0.29, 0.717) is 17.5 Å². The fourth-order valence-corrected chi connectivity index (χ4v) is 2.66. The fourth-order valence-electron chi connectivity index (χ4n) is 2.66. The number of halogens is 1. The quantitative estimate of drug-likeness (QED) is 0.806. The highest BCUT2D eigenvalue weighted by Crippen LogP contribution is 2.45. The van der Waals surface area contributed by atoms with Gasteiger partial charge in [0.25, 0.3) is 11.8 Å². The minimum atomic E-state index is 0.0994. The molecule has 6 heteroatoms. The van der Waals surface area contributed by atoms with Gasteiger partial charge in [0.05, 0.1) is 11.4 Å². The Morgan fingerprint density at radius 2 is 1.50 bits per heavy atom. The van der Waals surface area contributed by atoms with Crippen LogP contribution in [-0.4, -0.2) is 14.1 Å². The maximum atomic E-state index is 12.3. The van der Waals surface area contributed by atoms with Crippen molar-refractivity contribution in [1.29, 1.82) is 0 Å². The van der Waals surface area contributed by atoms with Crippen molar-refractivity contribution in [2.75, 3.05) is 23.9 Å². The maximum absolute atomic E-state index is 12.3. The van der Waals surface area contributed by atoms with Crippen LogP contribution in [0.4, 0.5) is 15.9 Å². The first kappa shape index (κ1) is 12.8. The molecule has 4 rings (SSSR count). The minimum absolute atomic E-state index is 0.0994. The second-order valence-corrected chi connectivity index (χ2v) is 5.11. The molecule has 2 aliphatic heterocycles. The van der Waals surface area contributed by atoms with Crippen LogP contribution in [0.5, 0.6) is 17.2 Å². The van der Waals surface area contributed by atoms with Gasteiger partial charge in [-0.15, -0.1) is 0 Å². The predicted octanol–water partition coefficient (Wildman–Crippen LogP) is 3.43. The van der Waals surface area contributed by atoms with Gasteiger partial charge in [-0.1, -0.05) is 12.1 Å². The predicted molar refractivity (Wildman–Crippen MR) is 79.7 cm³/mol. The van der Waals surface area contributed by atoms with Crippen molar-refractivity contribution in [3.63, 3.8) is 0 Å². The summed E-state index contributed by atoms with van der Waals surface area (Å²) in [6.07, 6.45) is 0. The van der Waals surface area contributed by atoms with Gasteiger partial charge in [0.1, 0.15) is 0 Å². The molecule has 2 aromatic rings. The normalized spacial score (nSPS) is 18.7. The fraction of sp³-hybridized carbons (Fsp3) is 0.125. The number of ether oxygens (including phenoxy) is 2. The first-order chi connectivity index (χ1) is 10.7. The molecule has 0 unspecified atom stereocenters. The first-order valence-corrected chi connectivity index (χ1v) is 6.78. The van der Waals surface area contributed by atoms with E-state index >= 15 is 0 Å². The average Bonchev–Trinajstić information content (AvgIpc) is 3.05. The van der Waals surface area contributed by atoms with Crippen molar-refractivity contribution in [2.45, 2.75) is 0 Å². The smallest absolute Gasteiger partial charge is 0.262 e. The molecule has 0 fully saturated rings. The van der Waals surface area contributed by atoms with Crippen LogP contribution in [0, 0.1) is 0 Å². The van der Waals surface area contributed by atoms with Crippen molar-refractivity contribution in [3.05, 3.63) is 54.2 Å². The highest BCUT2D eigenvalue weighted by molar-refractivity contribution is 5.71. The Kier molecular flexibility index (Phi) is 2.66. The number of hydrogen-bond donors (Lipinski definition) is 0. The molecule has 0 bridgehead atoms. The SMILES string of the molecule is CN1C(=C2Oc3cc(OF)ccc3N2C)Oc2ccccc21. The second-order valence-electron chi connectivity index (χ2n) is 5.11. The number of hydrogen-bond acceptors (Lipinski definition) is 5. The van der Waals surface area contributed by atoms with E-state index < -0.39 is 0 Å². The summed E-state index contributed by atoms with van der Waals surface area (Å²) in [5.74, 6) is 2.52. The number of rotatable bonds is 1. The van der Waals surface area contributed by atoms with E-state index in [2.05, 4.69) is 4.94 Å². The van der Waals surface area contributed by atoms with E-state index in [9.17, 15) is 4.53 Å². The van der Waals surface area contributed by atoms with E-state index in [4.69, 9.17) is 9.47 Å². The van der Waals surface area contributed by atoms with E-state index in [-0.39, 0.29) is 5.75 Å². The molecule has 2 aliphatic rings. The average molecular weight is 300 g/mol. The van der Waals surface area contributed by atoms with Crippen LogP contribution >= 0.6 is 0 Å². The zero-order valence-corrected chi connectivity index (χ0v) is 12.0. The molecule has 0 saturated heterocycles. The third-order valence-electron chi connectivity index (χ3n) is 3.81. The highest BCUT2D eigenvalue weighted by Gasteiger charge is 2.34. The van der Waals surface area contributed by atoms with Gasteiger partial charge >= 0.3 is 0 Å². The summed E-state index contributed by atoms with van der Waals surface area (Å²) in [6.45, 7) is 0. The highest BCUT2D eigenvalue weighted by atomic mass is 19.3. The van der Waals surface area contributed by atoms with Gasteiger partial charge in [-0.2, -0.15) is 0 Å². The summed E-state index contributed by atoms with van der Waals surface area (Å²) >= 11 is 0. The van der Waals surface area contributed by atoms with Crippen molar-refractivity contribution in [3.8, 4) is 17.2 Å². The molecule has 0 atom stereocenters. The standard InChI is InChI=1S/C16H13FN2O3/c1-18-11-5-3-4-6-13(11)20-15(18)16-19(2)12-8-7-10(22-17)9-14(12)21-16/h3-9H,1-2H3. The van der Waals surface area contributed by atoms with Gasteiger partial charge in [-0.3, -0.25) is 4.94 Å². The lowest BCUT2D eigenvalue weighted by atomic mass is 10.3. The van der Waals surface area contributed by atoms with Crippen molar-refractivity contribution in [1.82, 2.24) is 0 Å². The molecule has 0 spiro atoms. The van der Waals surface area contributed by atoms with E-state index in [1.54, 1.807) is 12.1 Å². The molecule has 2 aromatic carbocycles. The molecule has 0 aromatic heterocycles. The Morgan fingerprint density at radius 3 is 2.18 bits per heavy atom. The van der Waals surface area contributed by atoms with Gasteiger partial charge in [-0.05, 0) is 24.3 Å². The molecule has 5 nitrogen and oxygen atoms in total.